The molecule has 0 nitrogen and oxygen atoms in total. The van der Waals surface area contributed by atoms with Crippen LogP contribution in [0, 0.1) is 0 Å². The summed E-state index contributed by atoms with van der Waals surface area (Å²) in [6.45, 7) is 28.9. The van der Waals surface area contributed by atoms with Crippen LogP contribution in [-0.4, -0.2) is 60.7 Å². The van der Waals surface area contributed by atoms with Crippen LogP contribution in [0.15, 0.2) is 0 Å². The predicted octanol–water partition coefficient (Wildman–Crippen LogP) is 8.21. The topological polar surface area (TPSA) is 0 Å². The second-order valence-corrected chi connectivity index (χ2v) is 36.8. The Morgan fingerprint density at radius 2 is 0.478 bits per heavy atom. The fourth-order valence-corrected chi connectivity index (χ4v) is 26.8. The van der Waals surface area contributed by atoms with Crippen molar-refractivity contribution >= 4 is 60.7 Å². The zero-order valence-corrected chi connectivity index (χ0v) is 27.5. The molecule has 0 fully saturated rings. The third-order valence-corrected chi connectivity index (χ3v) is 26.8. The molecular weight excluding hydrogens is 596 g/mol. The molecule has 0 saturated carbocycles. The van der Waals surface area contributed by atoms with Crippen molar-refractivity contribution in [2.75, 3.05) is 0 Å². The van der Waals surface area contributed by atoms with E-state index in [0.717, 1.165) is 23.6 Å². The molecule has 23 heavy (non-hydrogen) atoms. The van der Waals surface area contributed by atoms with Gasteiger partial charge in [0.15, 0.2) is 0 Å². The predicted molar refractivity (Wildman–Crippen MR) is 120 cm³/mol. The number of hydrogen-bond acceptors (Lipinski definition) is 0. The first kappa shape index (κ1) is 30.1. The molecule has 0 atom stereocenters. The van der Waals surface area contributed by atoms with E-state index in [4.69, 9.17) is 0 Å². The average molecular weight is 645 g/mol. The van der Waals surface area contributed by atoms with Crippen LogP contribution in [0.4, 0.5) is 0 Å². The first-order valence-electron chi connectivity index (χ1n) is 9.66. The van der Waals surface area contributed by atoms with Crippen molar-refractivity contribution in [3.63, 3.8) is 0 Å². The summed E-state index contributed by atoms with van der Waals surface area (Å²) < 4.78 is 6.18. The third-order valence-electron chi connectivity index (χ3n) is 4.00. The maximum absolute atomic E-state index is 2.41. The Kier molecular flexibility index (Phi) is 23.3. The van der Waals surface area contributed by atoms with Crippen molar-refractivity contribution in [3.05, 3.63) is 0 Å². The molecule has 0 heterocycles. The maximum atomic E-state index is 2.41. The Bertz CT molecular complexity index is 171. The summed E-state index contributed by atoms with van der Waals surface area (Å²) in [5.74, 6) is 0. The van der Waals surface area contributed by atoms with Gasteiger partial charge in [-0.1, -0.05) is 0 Å². The minimum atomic E-state index is -1.01. The van der Waals surface area contributed by atoms with Crippen LogP contribution in [0.1, 0.15) is 83.1 Å². The summed E-state index contributed by atoms with van der Waals surface area (Å²) in [4.78, 5) is 4.59. The van der Waals surface area contributed by atoms with E-state index in [9.17, 15) is 0 Å². The van der Waals surface area contributed by atoms with Crippen molar-refractivity contribution in [3.8, 4) is 0 Å². The minimum absolute atomic E-state index is 0.230. The van der Waals surface area contributed by atoms with Crippen LogP contribution in [0.25, 0.3) is 0 Å². The van der Waals surface area contributed by atoms with Crippen molar-refractivity contribution in [1.82, 2.24) is 0 Å². The molecule has 0 aliphatic rings. The van der Waals surface area contributed by atoms with Gasteiger partial charge in [0.05, 0.1) is 0 Å². The Morgan fingerprint density at radius 3 is 0.478 bits per heavy atom. The summed E-state index contributed by atoms with van der Waals surface area (Å²) in [5, 5.41) is 0. The zero-order chi connectivity index (χ0) is 19.3. The Hall–Kier alpha value is 2.40. The summed E-state index contributed by atoms with van der Waals surface area (Å²) >= 11 is -1.79. The molecule has 140 valence electrons. The van der Waals surface area contributed by atoms with E-state index < -0.39 is 39.5 Å². The third kappa shape index (κ3) is 17.6. The van der Waals surface area contributed by atoms with Crippen molar-refractivity contribution < 1.29 is 0 Å². The fourth-order valence-electron chi connectivity index (χ4n) is 4.00. The van der Waals surface area contributed by atoms with E-state index in [1.54, 1.807) is 0 Å². The Morgan fingerprint density at radius 1 is 0.391 bits per heavy atom. The molecule has 0 amide bonds. The molecule has 4 radical (unpaired) electrons. The second kappa shape index (κ2) is 17.8. The summed E-state index contributed by atoms with van der Waals surface area (Å²) in [6, 6.07) is 0. The second-order valence-electron chi connectivity index (χ2n) is 8.43. The molecule has 0 aromatic heterocycles. The van der Waals surface area contributed by atoms with E-state index in [0.29, 0.717) is 0 Å². The van der Waals surface area contributed by atoms with E-state index in [-0.39, 0.29) is 21.1 Å². The molecule has 0 unspecified atom stereocenters. The van der Waals surface area contributed by atoms with Gasteiger partial charge in [0, 0.05) is 0 Å². The summed E-state index contributed by atoms with van der Waals surface area (Å²) in [5.41, 5.74) is 0. The normalized spacial score (nSPS) is 11.7. The van der Waals surface area contributed by atoms with Crippen molar-refractivity contribution in [2.45, 2.75) is 117 Å². The molecular formula is C20H48Sn3. The van der Waals surface area contributed by atoms with E-state index in [1.807, 2.05) is 0 Å². The molecule has 0 spiro atoms. The van der Waals surface area contributed by atoms with Gasteiger partial charge in [-0.2, -0.15) is 0 Å². The van der Waals surface area contributed by atoms with Gasteiger partial charge in [0.25, 0.3) is 0 Å². The van der Waals surface area contributed by atoms with Gasteiger partial charge in [-0.25, -0.2) is 0 Å². The van der Waals surface area contributed by atoms with Gasteiger partial charge >= 0.3 is 177 Å². The fraction of sp³-hybridized carbons (Fsp3) is 1.00. The van der Waals surface area contributed by atoms with E-state index in [2.05, 4.69) is 93.0 Å². The van der Waals surface area contributed by atoms with Crippen LogP contribution < -0.4 is 0 Å². The van der Waals surface area contributed by atoms with Gasteiger partial charge < -0.3 is 0 Å². The summed E-state index contributed by atoms with van der Waals surface area (Å²) in [7, 11) is 0. The number of hydrogen-bond donors (Lipinski definition) is 0. The van der Waals surface area contributed by atoms with Gasteiger partial charge in [0.2, 0.25) is 0 Å². The van der Waals surface area contributed by atoms with Crippen molar-refractivity contribution in [2.24, 2.45) is 0 Å². The van der Waals surface area contributed by atoms with Gasteiger partial charge in [0.1, 0.15) is 0 Å². The molecule has 0 aliphatic heterocycles. The van der Waals surface area contributed by atoms with Crippen LogP contribution in [-0.2, 0) is 0 Å². The molecule has 0 aliphatic carbocycles. The van der Waals surface area contributed by atoms with Crippen LogP contribution >= 0.6 is 0 Å². The molecule has 0 aromatic rings. The molecule has 3 heteroatoms. The van der Waals surface area contributed by atoms with Crippen LogP contribution in [0.2, 0.25) is 33.5 Å². The van der Waals surface area contributed by atoms with Crippen LogP contribution in [0.5, 0.6) is 0 Å². The Balaban J connectivity index is -0.000000297. The molecule has 0 saturated heterocycles. The van der Waals surface area contributed by atoms with Crippen molar-refractivity contribution in [1.29, 1.82) is 0 Å². The van der Waals surface area contributed by atoms with E-state index >= 15 is 0 Å². The molecule has 0 aromatic carbocycles. The van der Waals surface area contributed by atoms with Gasteiger partial charge in [-0.15, -0.1) is 0 Å². The SMILES string of the molecule is C[CH](C)[Sn]([CH](C)C)[CH](C)C.C[CH](C)[Sn]([CH](C)C)[CH](C)C.[CH3][Sn][CH3]. The number of rotatable bonds is 6. The summed E-state index contributed by atoms with van der Waals surface area (Å²) in [6.07, 6.45) is 0. The van der Waals surface area contributed by atoms with Gasteiger partial charge in [-0.05, 0) is 0 Å². The molecule has 0 bridgehead atoms. The monoisotopic (exact) mass is 648 g/mol. The standard InChI is InChI=1S/6C3H7.2CH3.3Sn/c6*1-3-2;;;;;/h6*3H,1-2H3;2*1H3;;;. The van der Waals surface area contributed by atoms with Gasteiger partial charge in [-0.3, -0.25) is 0 Å². The van der Waals surface area contributed by atoms with Crippen LogP contribution in [0.3, 0.4) is 0 Å². The van der Waals surface area contributed by atoms with E-state index in [1.165, 1.54) is 0 Å². The average Bonchev–Trinajstić information content (AvgIpc) is 2.26. The first-order chi connectivity index (χ1) is 10.3. The molecule has 0 rings (SSSR count). The zero-order valence-electron chi connectivity index (χ0n) is 19.0. The Labute approximate surface area is 175 Å². The quantitative estimate of drug-likeness (QED) is 0.256. The molecule has 0 N–H and O–H groups in total. The first-order valence-corrected chi connectivity index (χ1v) is 25.3.